The van der Waals surface area contributed by atoms with Gasteiger partial charge in [0.15, 0.2) is 0 Å². The predicted octanol–water partition coefficient (Wildman–Crippen LogP) is 2.68. The Kier molecular flexibility index (Phi) is 5.09. The first-order valence-electron chi connectivity index (χ1n) is 4.37. The first-order valence-corrected chi connectivity index (χ1v) is 5.28. The second-order valence-corrected chi connectivity index (χ2v) is 3.64. The Morgan fingerprint density at radius 1 is 1.43 bits per heavy atom. The molecule has 0 atom stereocenters. The van der Waals surface area contributed by atoms with Gasteiger partial charge in [0.1, 0.15) is 5.75 Å². The van der Waals surface area contributed by atoms with Gasteiger partial charge < -0.3 is 10.1 Å². The summed E-state index contributed by atoms with van der Waals surface area (Å²) in [6.45, 7) is 1.49. The fraction of sp³-hybridized carbons (Fsp3) is 0.400. The lowest BCUT2D eigenvalue weighted by Crippen LogP contribution is -2.16. The highest BCUT2D eigenvalue weighted by atomic mass is 35.5. The zero-order chi connectivity index (χ0) is 10.4. The van der Waals surface area contributed by atoms with Crippen molar-refractivity contribution in [3.05, 3.63) is 28.8 Å². The number of methoxy groups -OCH3 is 1. The number of alkyl halides is 1. The molecule has 1 aromatic carbocycles. The number of rotatable bonds is 5. The van der Waals surface area contributed by atoms with Crippen LogP contribution >= 0.6 is 23.2 Å². The van der Waals surface area contributed by atoms with E-state index in [4.69, 9.17) is 27.9 Å². The number of halogens is 2. The molecule has 4 heteroatoms. The van der Waals surface area contributed by atoms with Crippen LogP contribution in [0, 0.1) is 0 Å². The van der Waals surface area contributed by atoms with Gasteiger partial charge in [-0.3, -0.25) is 0 Å². The molecule has 0 aliphatic rings. The van der Waals surface area contributed by atoms with Crippen molar-refractivity contribution in [1.29, 1.82) is 0 Å². The van der Waals surface area contributed by atoms with Crippen molar-refractivity contribution in [2.75, 3.05) is 19.5 Å². The van der Waals surface area contributed by atoms with Crippen molar-refractivity contribution in [1.82, 2.24) is 5.32 Å². The number of hydrogen-bond donors (Lipinski definition) is 1. The van der Waals surface area contributed by atoms with E-state index in [1.165, 1.54) is 0 Å². The van der Waals surface area contributed by atoms with Crippen molar-refractivity contribution in [3.8, 4) is 5.75 Å². The molecule has 1 aromatic rings. The van der Waals surface area contributed by atoms with Crippen LogP contribution in [-0.2, 0) is 6.54 Å². The summed E-state index contributed by atoms with van der Waals surface area (Å²) in [6.07, 6.45) is 0. The zero-order valence-corrected chi connectivity index (χ0v) is 9.53. The van der Waals surface area contributed by atoms with Gasteiger partial charge in [0.2, 0.25) is 0 Å². The number of hydrogen-bond acceptors (Lipinski definition) is 2. The van der Waals surface area contributed by atoms with Gasteiger partial charge in [-0.25, -0.2) is 0 Å². The summed E-state index contributed by atoms with van der Waals surface area (Å²) in [4.78, 5) is 0. The molecule has 0 saturated heterocycles. The van der Waals surface area contributed by atoms with Crippen molar-refractivity contribution >= 4 is 23.2 Å². The molecule has 0 radical (unpaired) electrons. The van der Waals surface area contributed by atoms with E-state index >= 15 is 0 Å². The average molecular weight is 234 g/mol. The molecule has 0 aromatic heterocycles. The third kappa shape index (κ3) is 3.37. The molecule has 0 spiro atoms. The average Bonchev–Trinajstić information content (AvgIpc) is 2.19. The maximum atomic E-state index is 5.88. The lowest BCUT2D eigenvalue weighted by atomic mass is 10.2. The van der Waals surface area contributed by atoms with Gasteiger partial charge in [0.05, 0.1) is 7.11 Å². The van der Waals surface area contributed by atoms with Crippen molar-refractivity contribution in [3.63, 3.8) is 0 Å². The molecule has 0 bridgehead atoms. The fourth-order valence-corrected chi connectivity index (χ4v) is 1.50. The van der Waals surface area contributed by atoms with Gasteiger partial charge in [-0.15, -0.1) is 11.6 Å². The maximum Gasteiger partial charge on any atom is 0.123 e. The molecule has 0 aliphatic carbocycles. The van der Waals surface area contributed by atoms with Gasteiger partial charge in [0.25, 0.3) is 0 Å². The van der Waals surface area contributed by atoms with Crippen LogP contribution in [0.3, 0.4) is 0 Å². The van der Waals surface area contributed by atoms with Crippen LogP contribution in [0.15, 0.2) is 18.2 Å². The summed E-state index contributed by atoms with van der Waals surface area (Å²) in [5, 5.41) is 3.90. The lowest BCUT2D eigenvalue weighted by molar-refractivity contribution is 0.408. The molecule has 2 nitrogen and oxygen atoms in total. The van der Waals surface area contributed by atoms with E-state index in [0.29, 0.717) is 10.9 Å². The summed E-state index contributed by atoms with van der Waals surface area (Å²) < 4.78 is 5.20. The molecule has 0 saturated carbocycles. The molecule has 0 heterocycles. The summed E-state index contributed by atoms with van der Waals surface area (Å²) in [7, 11) is 1.65. The molecule has 0 unspecified atom stereocenters. The molecule has 0 aliphatic heterocycles. The lowest BCUT2D eigenvalue weighted by Gasteiger charge is -2.09. The number of ether oxygens (including phenoxy) is 1. The van der Waals surface area contributed by atoms with Crippen LogP contribution in [0.25, 0.3) is 0 Å². The van der Waals surface area contributed by atoms with Crippen LogP contribution in [0.2, 0.25) is 5.02 Å². The summed E-state index contributed by atoms with van der Waals surface area (Å²) in [5.41, 5.74) is 1.05. The van der Waals surface area contributed by atoms with E-state index in [1.54, 1.807) is 7.11 Å². The molecule has 0 fully saturated rings. The Labute approximate surface area is 94.2 Å². The van der Waals surface area contributed by atoms with E-state index in [1.807, 2.05) is 18.2 Å². The van der Waals surface area contributed by atoms with Gasteiger partial charge >= 0.3 is 0 Å². The van der Waals surface area contributed by atoms with Crippen LogP contribution in [0.5, 0.6) is 5.75 Å². The van der Waals surface area contributed by atoms with Gasteiger partial charge in [-0.05, 0) is 18.2 Å². The van der Waals surface area contributed by atoms with Crippen LogP contribution in [-0.4, -0.2) is 19.5 Å². The summed E-state index contributed by atoms with van der Waals surface area (Å²) in [5.74, 6) is 1.44. The first kappa shape index (κ1) is 11.6. The second-order valence-electron chi connectivity index (χ2n) is 2.82. The SMILES string of the molecule is COc1ccc(Cl)cc1CNCCCl. The minimum absolute atomic E-state index is 0.600. The van der Waals surface area contributed by atoms with Gasteiger partial charge in [0, 0.05) is 29.6 Å². The van der Waals surface area contributed by atoms with E-state index in [9.17, 15) is 0 Å². The second kappa shape index (κ2) is 6.12. The highest BCUT2D eigenvalue weighted by Crippen LogP contribution is 2.22. The highest BCUT2D eigenvalue weighted by molar-refractivity contribution is 6.30. The van der Waals surface area contributed by atoms with E-state index < -0.39 is 0 Å². The number of nitrogens with one attached hydrogen (secondary N) is 1. The summed E-state index contributed by atoms with van der Waals surface area (Å²) in [6, 6.07) is 5.56. The fourth-order valence-electron chi connectivity index (χ4n) is 1.18. The van der Waals surface area contributed by atoms with Crippen molar-refractivity contribution in [2.45, 2.75) is 6.54 Å². The van der Waals surface area contributed by atoms with Gasteiger partial charge in [-0.2, -0.15) is 0 Å². The smallest absolute Gasteiger partial charge is 0.123 e. The topological polar surface area (TPSA) is 21.3 Å². The first-order chi connectivity index (χ1) is 6.77. The number of benzene rings is 1. The molecule has 1 N–H and O–H groups in total. The largest absolute Gasteiger partial charge is 0.496 e. The Morgan fingerprint density at radius 2 is 2.21 bits per heavy atom. The third-order valence-electron chi connectivity index (χ3n) is 1.83. The predicted molar refractivity (Wildman–Crippen MR) is 60.4 cm³/mol. The van der Waals surface area contributed by atoms with Crippen LogP contribution < -0.4 is 10.1 Å². The minimum atomic E-state index is 0.600. The molecule has 1 rings (SSSR count). The highest BCUT2D eigenvalue weighted by Gasteiger charge is 2.02. The summed E-state index contributed by atoms with van der Waals surface area (Å²) >= 11 is 11.4. The molecular formula is C10H13Cl2NO. The standard InChI is InChI=1S/C10H13Cl2NO/c1-14-10-3-2-9(12)6-8(10)7-13-5-4-11/h2-3,6,13H,4-5,7H2,1H3. The zero-order valence-electron chi connectivity index (χ0n) is 8.02. The molecule has 14 heavy (non-hydrogen) atoms. The van der Waals surface area contributed by atoms with E-state index in [-0.39, 0.29) is 0 Å². The maximum absolute atomic E-state index is 5.88. The Hall–Kier alpha value is -0.440. The normalized spacial score (nSPS) is 10.2. The Balaban J connectivity index is 2.67. The Morgan fingerprint density at radius 3 is 2.86 bits per heavy atom. The van der Waals surface area contributed by atoms with Crippen LogP contribution in [0.4, 0.5) is 0 Å². The minimum Gasteiger partial charge on any atom is -0.496 e. The molecule has 0 amide bonds. The van der Waals surface area contributed by atoms with Crippen molar-refractivity contribution in [2.24, 2.45) is 0 Å². The Bertz CT molecular complexity index is 291. The van der Waals surface area contributed by atoms with E-state index in [2.05, 4.69) is 5.32 Å². The van der Waals surface area contributed by atoms with E-state index in [0.717, 1.165) is 24.4 Å². The molecular weight excluding hydrogens is 221 g/mol. The monoisotopic (exact) mass is 233 g/mol. The van der Waals surface area contributed by atoms with Gasteiger partial charge in [-0.1, -0.05) is 11.6 Å². The quantitative estimate of drug-likeness (QED) is 0.624. The molecule has 78 valence electrons. The third-order valence-corrected chi connectivity index (χ3v) is 2.25. The van der Waals surface area contributed by atoms with Crippen molar-refractivity contribution < 1.29 is 4.74 Å². The van der Waals surface area contributed by atoms with Crippen LogP contribution in [0.1, 0.15) is 5.56 Å².